The van der Waals surface area contributed by atoms with Crippen LogP contribution < -0.4 is 19.4 Å². The van der Waals surface area contributed by atoms with Crippen LogP contribution in [0.25, 0.3) is 11.1 Å². The molecule has 2 aromatic rings. The third kappa shape index (κ3) is 2.43. The Morgan fingerprint density at radius 3 is 2.75 bits per heavy atom. The number of nitrogens with zero attached hydrogens (tertiary/aromatic N) is 1. The van der Waals surface area contributed by atoms with Crippen molar-refractivity contribution in [1.82, 2.24) is 4.90 Å². The van der Waals surface area contributed by atoms with Gasteiger partial charge in [0.15, 0.2) is 0 Å². The van der Waals surface area contributed by atoms with Gasteiger partial charge in [0.2, 0.25) is 0 Å². The minimum Gasteiger partial charge on any atom is -0.870 e. The Bertz CT molecular complexity index is 876. The van der Waals surface area contributed by atoms with Gasteiger partial charge in [-0.2, -0.15) is 0 Å². The van der Waals surface area contributed by atoms with Gasteiger partial charge in [0.25, 0.3) is 0 Å². The van der Waals surface area contributed by atoms with E-state index < -0.39 is 19.3 Å². The summed E-state index contributed by atoms with van der Waals surface area (Å²) in [5.74, 6) is -0.971. The van der Waals surface area contributed by atoms with Crippen molar-refractivity contribution in [2.45, 2.75) is 18.9 Å². The normalized spacial score (nSPS) is 19.5. The highest BCUT2D eigenvalue weighted by molar-refractivity contribution is 7.43. The predicted molar refractivity (Wildman–Crippen MR) is 82.3 cm³/mol. The van der Waals surface area contributed by atoms with E-state index in [9.17, 15) is 19.5 Å². The van der Waals surface area contributed by atoms with E-state index in [-0.39, 0.29) is 6.04 Å². The quantitative estimate of drug-likeness (QED) is 0.745. The van der Waals surface area contributed by atoms with Gasteiger partial charge < -0.3 is 24.0 Å². The first kappa shape index (κ1) is 15.7. The molecular formula is C17H15NO5P-3. The first-order valence-electron chi connectivity index (χ1n) is 7.72. The van der Waals surface area contributed by atoms with Gasteiger partial charge in [-0.15, -0.1) is 0 Å². The molecule has 0 spiro atoms. The average Bonchev–Trinajstić information content (AvgIpc) is 2.52. The molecule has 24 heavy (non-hydrogen) atoms. The summed E-state index contributed by atoms with van der Waals surface area (Å²) in [6, 6.07) is 9.01. The maximum absolute atomic E-state index is 12.7. The fourth-order valence-electron chi connectivity index (χ4n) is 3.84. The smallest absolute Gasteiger partial charge is 0.117 e. The lowest BCUT2D eigenvalue weighted by Crippen LogP contribution is -2.35. The second-order valence-electron chi connectivity index (χ2n) is 6.29. The summed E-state index contributed by atoms with van der Waals surface area (Å²) in [7, 11) is -3.20. The molecule has 126 valence electrons. The van der Waals surface area contributed by atoms with E-state index >= 15 is 0 Å². The number of hydrogen-bond donors (Lipinski definition) is 0. The lowest BCUT2D eigenvalue weighted by molar-refractivity contribution is -0.335. The van der Waals surface area contributed by atoms with Crippen LogP contribution in [0.2, 0.25) is 0 Å². The summed E-state index contributed by atoms with van der Waals surface area (Å²) in [6.07, 6.45) is 1.59. The molecule has 1 aliphatic heterocycles. The zero-order chi connectivity index (χ0) is 17.1. The summed E-state index contributed by atoms with van der Waals surface area (Å²) in [5, 5.41) is 12.7. The Hall–Kier alpha value is -1.85. The van der Waals surface area contributed by atoms with Gasteiger partial charge >= 0.3 is 0 Å². The second-order valence-corrected chi connectivity index (χ2v) is 7.37. The minimum absolute atomic E-state index is 0.203. The van der Waals surface area contributed by atoms with E-state index in [0.717, 1.165) is 29.7 Å². The fraction of sp³-hybridized carbons (Fsp3) is 0.294. The topological polar surface area (TPSA) is 98.7 Å². The SMILES string of the molecule is CN1CCc2cccc3c2C1Cc1ccc(OP(=O)([O-])[O-])c([O-])c1-3. The van der Waals surface area contributed by atoms with Gasteiger partial charge in [0.1, 0.15) is 13.6 Å². The highest BCUT2D eigenvalue weighted by Crippen LogP contribution is 2.50. The Morgan fingerprint density at radius 2 is 2.00 bits per heavy atom. The number of likely N-dealkylation sites (N-methyl/N-ethyl adjacent to an activating group) is 1. The third-order valence-electron chi connectivity index (χ3n) is 4.90. The number of fused-ring (bicyclic) bond motifs is 2. The molecule has 0 fully saturated rings. The molecule has 0 saturated carbocycles. The van der Waals surface area contributed by atoms with Crippen molar-refractivity contribution >= 4 is 7.82 Å². The highest BCUT2D eigenvalue weighted by atomic mass is 31.2. The molecule has 0 aromatic heterocycles. The van der Waals surface area contributed by atoms with Crippen molar-refractivity contribution in [1.29, 1.82) is 0 Å². The summed E-state index contributed by atoms with van der Waals surface area (Å²) >= 11 is 0. The molecule has 6 nitrogen and oxygen atoms in total. The monoisotopic (exact) mass is 344 g/mol. The van der Waals surface area contributed by atoms with Crippen molar-refractivity contribution in [2.75, 3.05) is 13.6 Å². The predicted octanol–water partition coefficient (Wildman–Crippen LogP) is 0.720. The van der Waals surface area contributed by atoms with Gasteiger partial charge in [-0.05, 0) is 53.8 Å². The second kappa shape index (κ2) is 5.33. The summed E-state index contributed by atoms with van der Waals surface area (Å²) in [5.41, 5.74) is 4.45. The van der Waals surface area contributed by atoms with Gasteiger partial charge in [-0.3, -0.25) is 4.90 Å². The molecule has 1 aliphatic carbocycles. The molecule has 0 bridgehead atoms. The van der Waals surface area contributed by atoms with E-state index in [1.165, 1.54) is 11.6 Å². The van der Waals surface area contributed by atoms with Gasteiger partial charge in [0, 0.05) is 12.6 Å². The number of phosphoric acid groups is 1. The van der Waals surface area contributed by atoms with Crippen LogP contribution in [0, 0.1) is 0 Å². The van der Waals surface area contributed by atoms with E-state index in [0.29, 0.717) is 12.0 Å². The van der Waals surface area contributed by atoms with Crippen molar-refractivity contribution < 1.29 is 24.0 Å². The molecule has 2 aliphatic rings. The lowest BCUT2D eigenvalue weighted by atomic mass is 9.77. The van der Waals surface area contributed by atoms with Crippen LogP contribution in [-0.4, -0.2) is 18.5 Å². The maximum atomic E-state index is 12.7. The molecule has 0 saturated heterocycles. The summed E-state index contributed by atoms with van der Waals surface area (Å²) in [6.45, 7) is 0.956. The Kier molecular flexibility index (Phi) is 3.48. The molecule has 4 rings (SSSR count). The van der Waals surface area contributed by atoms with Gasteiger partial charge in [-0.1, -0.05) is 30.0 Å². The Labute approximate surface area is 139 Å². The molecule has 1 heterocycles. The fourth-order valence-corrected chi connectivity index (χ4v) is 4.23. The first-order valence-corrected chi connectivity index (χ1v) is 9.18. The number of hydrogen-bond acceptors (Lipinski definition) is 6. The lowest BCUT2D eigenvalue weighted by Gasteiger charge is -2.41. The third-order valence-corrected chi connectivity index (χ3v) is 5.32. The van der Waals surface area contributed by atoms with Crippen LogP contribution in [0.4, 0.5) is 0 Å². The van der Waals surface area contributed by atoms with Crippen LogP contribution >= 0.6 is 7.82 Å². The van der Waals surface area contributed by atoms with Crippen LogP contribution in [0.15, 0.2) is 30.3 Å². The van der Waals surface area contributed by atoms with Gasteiger partial charge in [-0.25, -0.2) is 0 Å². The highest BCUT2D eigenvalue weighted by Gasteiger charge is 2.32. The molecule has 2 aromatic carbocycles. The van der Waals surface area contributed by atoms with E-state index in [1.807, 2.05) is 12.1 Å². The molecule has 0 radical (unpaired) electrons. The van der Waals surface area contributed by atoms with Crippen LogP contribution in [0.3, 0.4) is 0 Å². The summed E-state index contributed by atoms with van der Waals surface area (Å²) < 4.78 is 15.2. The first-order chi connectivity index (χ1) is 11.3. The molecule has 1 unspecified atom stereocenters. The summed E-state index contributed by atoms with van der Waals surface area (Å²) in [4.78, 5) is 24.0. The Balaban J connectivity index is 1.93. The molecular weight excluding hydrogens is 329 g/mol. The van der Waals surface area contributed by atoms with Crippen molar-refractivity contribution in [3.05, 3.63) is 47.0 Å². The average molecular weight is 344 g/mol. The zero-order valence-electron chi connectivity index (χ0n) is 13.0. The number of rotatable bonds is 2. The minimum atomic E-state index is -5.27. The van der Waals surface area contributed by atoms with Crippen molar-refractivity contribution in [3.63, 3.8) is 0 Å². The van der Waals surface area contributed by atoms with Crippen molar-refractivity contribution in [3.8, 4) is 22.6 Å². The van der Waals surface area contributed by atoms with E-state index in [1.54, 1.807) is 6.07 Å². The molecule has 1 atom stereocenters. The van der Waals surface area contributed by atoms with E-state index in [4.69, 9.17) is 0 Å². The molecule has 7 heteroatoms. The largest absolute Gasteiger partial charge is 0.870 e. The van der Waals surface area contributed by atoms with Crippen LogP contribution in [0.1, 0.15) is 22.7 Å². The number of phosphoric ester groups is 1. The number of benzene rings is 2. The standard InChI is InChI=1S/C17H18NO5P/c1-18-8-7-10-3-2-4-12-15(10)13(18)9-11-5-6-14(17(19)16(11)12)23-24(20,21)22/h2-6,13,19H,7-9H2,1H3,(H2,20,21,22)/p-3. The zero-order valence-corrected chi connectivity index (χ0v) is 13.9. The van der Waals surface area contributed by atoms with E-state index in [2.05, 4.69) is 22.5 Å². The van der Waals surface area contributed by atoms with Gasteiger partial charge in [0.05, 0.1) is 0 Å². The van der Waals surface area contributed by atoms with Crippen molar-refractivity contribution in [2.24, 2.45) is 0 Å². The molecule has 0 N–H and O–H groups in total. The Morgan fingerprint density at radius 1 is 1.21 bits per heavy atom. The molecule has 0 amide bonds. The van der Waals surface area contributed by atoms with Crippen LogP contribution in [-0.2, 0) is 17.4 Å². The maximum Gasteiger partial charge on any atom is 0.117 e. The van der Waals surface area contributed by atoms with Crippen LogP contribution in [0.5, 0.6) is 11.5 Å².